The number of rotatable bonds is 7. The molecule has 3 rings (SSSR count). The van der Waals surface area contributed by atoms with E-state index >= 15 is 0 Å². The van der Waals surface area contributed by atoms with E-state index in [0.717, 1.165) is 25.2 Å². The molecule has 1 aromatic heterocycles. The number of ether oxygens (including phenoxy) is 2. The van der Waals surface area contributed by atoms with Crippen LogP contribution in [0.25, 0.3) is 0 Å². The first-order valence-electron chi connectivity index (χ1n) is 8.68. The highest BCUT2D eigenvalue weighted by Crippen LogP contribution is 2.24. The van der Waals surface area contributed by atoms with Crippen LogP contribution in [0.5, 0.6) is 5.75 Å². The number of benzene rings is 1. The maximum absolute atomic E-state index is 12.8. The molecule has 25 heavy (non-hydrogen) atoms. The van der Waals surface area contributed by atoms with Gasteiger partial charge in [-0.1, -0.05) is 12.1 Å². The van der Waals surface area contributed by atoms with Gasteiger partial charge in [0.15, 0.2) is 0 Å². The minimum atomic E-state index is -0.195. The summed E-state index contributed by atoms with van der Waals surface area (Å²) in [5, 5.41) is 2.95. The predicted octanol–water partition coefficient (Wildman–Crippen LogP) is 3.89. The average Bonchev–Trinajstić information content (AvgIpc) is 3.30. The first-order valence-corrected chi connectivity index (χ1v) is 8.68. The molecule has 1 atom stereocenters. The van der Waals surface area contributed by atoms with Crippen molar-refractivity contribution in [2.24, 2.45) is 0 Å². The zero-order valence-corrected chi connectivity index (χ0v) is 14.4. The largest absolute Gasteiger partial charge is 0.492 e. The maximum Gasteiger partial charge on any atom is 0.322 e. The Morgan fingerprint density at radius 3 is 2.92 bits per heavy atom. The molecule has 1 fully saturated rings. The van der Waals surface area contributed by atoms with Gasteiger partial charge in [-0.15, -0.1) is 0 Å². The summed E-state index contributed by atoms with van der Waals surface area (Å²) in [5.74, 6) is 1.40. The van der Waals surface area contributed by atoms with E-state index in [9.17, 15) is 4.79 Å². The Hall–Kier alpha value is -2.47. The molecule has 6 heteroatoms. The second-order valence-corrected chi connectivity index (χ2v) is 5.95. The van der Waals surface area contributed by atoms with Crippen molar-refractivity contribution < 1.29 is 18.7 Å². The smallest absolute Gasteiger partial charge is 0.322 e. The summed E-state index contributed by atoms with van der Waals surface area (Å²) in [5.41, 5.74) is 0.658. The van der Waals surface area contributed by atoms with E-state index in [-0.39, 0.29) is 12.1 Å². The van der Waals surface area contributed by atoms with Crippen molar-refractivity contribution in [2.75, 3.05) is 25.1 Å². The second kappa shape index (κ2) is 8.58. The van der Waals surface area contributed by atoms with Crippen LogP contribution in [0.2, 0.25) is 0 Å². The van der Waals surface area contributed by atoms with Crippen molar-refractivity contribution >= 4 is 11.7 Å². The van der Waals surface area contributed by atoms with Crippen molar-refractivity contribution in [1.29, 1.82) is 0 Å². The molecule has 0 spiro atoms. The molecule has 6 nitrogen and oxygen atoms in total. The Morgan fingerprint density at radius 1 is 1.32 bits per heavy atom. The van der Waals surface area contributed by atoms with Gasteiger partial charge >= 0.3 is 6.03 Å². The van der Waals surface area contributed by atoms with Crippen molar-refractivity contribution in [3.63, 3.8) is 0 Å². The van der Waals surface area contributed by atoms with Crippen LogP contribution < -0.4 is 10.1 Å². The molecule has 2 heterocycles. The molecule has 1 aromatic carbocycles. The van der Waals surface area contributed by atoms with Gasteiger partial charge in [0.1, 0.15) is 11.5 Å². The first-order chi connectivity index (χ1) is 12.3. The summed E-state index contributed by atoms with van der Waals surface area (Å²) < 4.78 is 16.7. The fourth-order valence-corrected chi connectivity index (χ4v) is 2.89. The average molecular weight is 344 g/mol. The molecule has 2 amide bonds. The summed E-state index contributed by atoms with van der Waals surface area (Å²) in [7, 11) is 0. The molecule has 0 saturated carbocycles. The molecule has 0 aliphatic carbocycles. The number of nitrogens with zero attached hydrogens (tertiary/aromatic N) is 1. The van der Waals surface area contributed by atoms with Crippen LogP contribution >= 0.6 is 0 Å². The van der Waals surface area contributed by atoms with Crippen molar-refractivity contribution in [2.45, 2.75) is 32.4 Å². The summed E-state index contributed by atoms with van der Waals surface area (Å²) >= 11 is 0. The number of para-hydroxylation sites is 2. The number of nitrogens with one attached hydrogen (secondary N) is 1. The molecule has 0 radical (unpaired) electrons. The minimum Gasteiger partial charge on any atom is -0.492 e. The zero-order chi connectivity index (χ0) is 17.5. The standard InChI is InChI=1S/C19H24N2O4/c1-2-23-18-10-4-3-9-17(18)20-19(22)21(13-15-7-5-11-24-15)14-16-8-6-12-25-16/h3-5,7,9-11,16H,2,6,8,12-14H2,1H3,(H,20,22). The monoisotopic (exact) mass is 344 g/mol. The molecule has 1 aliphatic heterocycles. The van der Waals surface area contributed by atoms with Crippen molar-refractivity contribution in [3.8, 4) is 5.75 Å². The van der Waals surface area contributed by atoms with Crippen LogP contribution in [0, 0.1) is 0 Å². The molecule has 1 N–H and O–H groups in total. The first kappa shape index (κ1) is 17.4. The van der Waals surface area contributed by atoms with Crippen LogP contribution in [0.4, 0.5) is 10.5 Å². The Balaban J connectivity index is 1.71. The normalized spacial score (nSPS) is 16.6. The summed E-state index contributed by atoms with van der Waals surface area (Å²) in [6.45, 7) is 4.14. The van der Waals surface area contributed by atoms with Crippen molar-refractivity contribution in [3.05, 3.63) is 48.4 Å². The van der Waals surface area contributed by atoms with Gasteiger partial charge < -0.3 is 24.1 Å². The van der Waals surface area contributed by atoms with Crippen LogP contribution in [0.3, 0.4) is 0 Å². The number of urea groups is 1. The van der Waals surface area contributed by atoms with E-state index in [1.807, 2.05) is 43.3 Å². The Bertz CT molecular complexity index is 666. The number of anilines is 1. The minimum absolute atomic E-state index is 0.0721. The van der Waals surface area contributed by atoms with Gasteiger partial charge in [-0.2, -0.15) is 0 Å². The number of furan rings is 1. The van der Waals surface area contributed by atoms with Crippen LogP contribution in [0.15, 0.2) is 47.1 Å². The second-order valence-electron chi connectivity index (χ2n) is 5.95. The molecule has 0 bridgehead atoms. The third-order valence-corrected chi connectivity index (χ3v) is 4.09. The van der Waals surface area contributed by atoms with Gasteiger partial charge in [0.05, 0.1) is 31.2 Å². The van der Waals surface area contributed by atoms with Gasteiger partial charge in [-0.3, -0.25) is 0 Å². The van der Waals surface area contributed by atoms with E-state index in [0.29, 0.717) is 31.1 Å². The van der Waals surface area contributed by atoms with Crippen LogP contribution in [-0.2, 0) is 11.3 Å². The lowest BCUT2D eigenvalue weighted by Gasteiger charge is -2.25. The van der Waals surface area contributed by atoms with Crippen LogP contribution in [-0.4, -0.2) is 36.8 Å². The van der Waals surface area contributed by atoms with Gasteiger partial charge in [-0.25, -0.2) is 4.79 Å². The number of carbonyl (C=O) groups excluding carboxylic acids is 1. The Kier molecular flexibility index (Phi) is 5.95. The Morgan fingerprint density at radius 2 is 2.20 bits per heavy atom. The number of hydrogen-bond donors (Lipinski definition) is 1. The molecule has 1 unspecified atom stereocenters. The molecule has 134 valence electrons. The third kappa shape index (κ3) is 4.76. The lowest BCUT2D eigenvalue weighted by Crippen LogP contribution is -2.39. The van der Waals surface area contributed by atoms with E-state index in [2.05, 4.69) is 5.32 Å². The fourth-order valence-electron chi connectivity index (χ4n) is 2.89. The summed E-state index contributed by atoms with van der Waals surface area (Å²) in [4.78, 5) is 14.6. The highest BCUT2D eigenvalue weighted by molar-refractivity contribution is 5.91. The van der Waals surface area contributed by atoms with Gasteiger partial charge in [0, 0.05) is 13.2 Å². The number of hydrogen-bond acceptors (Lipinski definition) is 4. The van der Waals surface area contributed by atoms with Gasteiger partial charge in [0.2, 0.25) is 0 Å². The fraction of sp³-hybridized carbons (Fsp3) is 0.421. The zero-order valence-electron chi connectivity index (χ0n) is 14.4. The quantitative estimate of drug-likeness (QED) is 0.827. The highest BCUT2D eigenvalue weighted by Gasteiger charge is 2.24. The molecule has 2 aromatic rings. The SMILES string of the molecule is CCOc1ccccc1NC(=O)N(Cc1ccco1)CC1CCCO1. The van der Waals surface area contributed by atoms with E-state index in [4.69, 9.17) is 13.9 Å². The van der Waals surface area contributed by atoms with Crippen LogP contribution in [0.1, 0.15) is 25.5 Å². The van der Waals surface area contributed by atoms with E-state index in [1.165, 1.54) is 0 Å². The van der Waals surface area contributed by atoms with E-state index in [1.54, 1.807) is 11.2 Å². The molecule has 1 aliphatic rings. The topological polar surface area (TPSA) is 63.9 Å². The van der Waals surface area contributed by atoms with Gasteiger partial charge in [-0.05, 0) is 44.0 Å². The number of amides is 2. The molecule has 1 saturated heterocycles. The number of carbonyl (C=O) groups is 1. The van der Waals surface area contributed by atoms with Gasteiger partial charge in [0.25, 0.3) is 0 Å². The van der Waals surface area contributed by atoms with Crippen molar-refractivity contribution in [1.82, 2.24) is 4.90 Å². The molecular weight excluding hydrogens is 320 g/mol. The lowest BCUT2D eigenvalue weighted by molar-refractivity contribution is 0.0803. The van der Waals surface area contributed by atoms with E-state index < -0.39 is 0 Å². The third-order valence-electron chi connectivity index (χ3n) is 4.09. The molecular formula is C19H24N2O4. The predicted molar refractivity (Wildman–Crippen MR) is 94.7 cm³/mol. The Labute approximate surface area is 147 Å². The lowest BCUT2D eigenvalue weighted by atomic mass is 10.2. The summed E-state index contributed by atoms with van der Waals surface area (Å²) in [6.07, 6.45) is 3.69. The maximum atomic E-state index is 12.8. The highest BCUT2D eigenvalue weighted by atomic mass is 16.5. The summed E-state index contributed by atoms with van der Waals surface area (Å²) in [6, 6.07) is 10.9.